The first-order valence-electron chi connectivity index (χ1n) is 4.88. The fourth-order valence-corrected chi connectivity index (χ4v) is 3.95. The molecule has 10 heteroatoms. The van der Waals surface area contributed by atoms with Crippen LogP contribution in [-0.2, 0) is 11.0 Å². The van der Waals surface area contributed by atoms with Crippen molar-refractivity contribution >= 4 is 47.0 Å². The van der Waals surface area contributed by atoms with Crippen molar-refractivity contribution in [3.63, 3.8) is 0 Å². The molecule has 1 heterocycles. The van der Waals surface area contributed by atoms with Crippen molar-refractivity contribution < 1.29 is 21.8 Å². The average molecular weight is 426 g/mol. The highest BCUT2D eigenvalue weighted by Crippen LogP contribution is 2.49. The highest BCUT2D eigenvalue weighted by Gasteiger charge is 2.47. The molecule has 1 aromatic carbocycles. The van der Waals surface area contributed by atoms with E-state index in [1.54, 1.807) is 0 Å². The number of nitrogens with two attached hydrogens (primary N) is 1. The maximum absolute atomic E-state index is 13.6. The number of hydrogen-bond donors (Lipinski definition) is 1. The highest BCUT2D eigenvalue weighted by molar-refractivity contribution is 14.2. The zero-order chi connectivity index (χ0) is 14.4. The maximum Gasteiger partial charge on any atom is 0.397 e. The van der Waals surface area contributed by atoms with E-state index >= 15 is 0 Å². The summed E-state index contributed by atoms with van der Waals surface area (Å²) in [6.45, 7) is -0.299. The number of alkyl halides is 3. The minimum Gasteiger partial charge on any atom is -0.306 e. The van der Waals surface area contributed by atoms with Gasteiger partial charge in [0.1, 0.15) is 22.7 Å². The standard InChI is InChI=1S/C9H7F4IN2OS2/c10-6-1-4-5(9(11,12)13)3-16(18-14)7(4)2-8(6)19(15)17/h1-2,5H,3,15H2. The Morgan fingerprint density at radius 2 is 2.11 bits per heavy atom. The summed E-state index contributed by atoms with van der Waals surface area (Å²) < 4.78 is 64.8. The normalized spacial score (nSPS) is 20.5. The van der Waals surface area contributed by atoms with Crippen molar-refractivity contribution in [1.29, 1.82) is 0 Å². The van der Waals surface area contributed by atoms with E-state index in [2.05, 4.69) is 0 Å². The Morgan fingerprint density at radius 1 is 1.47 bits per heavy atom. The minimum absolute atomic E-state index is 0.150. The molecule has 0 aromatic heterocycles. The van der Waals surface area contributed by atoms with Crippen molar-refractivity contribution in [1.82, 2.24) is 0 Å². The average Bonchev–Trinajstić information content (AvgIpc) is 2.64. The fourth-order valence-electron chi connectivity index (χ4n) is 1.92. The molecule has 0 saturated carbocycles. The Morgan fingerprint density at radius 3 is 2.58 bits per heavy atom. The number of rotatable bonds is 2. The first kappa shape index (κ1) is 15.3. The van der Waals surface area contributed by atoms with Crippen molar-refractivity contribution in [2.24, 2.45) is 5.14 Å². The van der Waals surface area contributed by atoms with Crippen LogP contribution >= 0.6 is 30.3 Å². The van der Waals surface area contributed by atoms with Gasteiger partial charge in [-0.05, 0) is 17.7 Å². The summed E-state index contributed by atoms with van der Waals surface area (Å²) in [6, 6.07) is 1.90. The molecular formula is C9H7F4IN2OS2. The third kappa shape index (κ3) is 2.85. The number of anilines is 1. The van der Waals surface area contributed by atoms with Crippen molar-refractivity contribution in [3.05, 3.63) is 23.5 Å². The summed E-state index contributed by atoms with van der Waals surface area (Å²) in [4.78, 5) is -0.294. The second kappa shape index (κ2) is 5.37. The largest absolute Gasteiger partial charge is 0.397 e. The minimum atomic E-state index is -4.45. The van der Waals surface area contributed by atoms with E-state index in [9.17, 15) is 21.8 Å². The number of nitrogens with zero attached hydrogens (tertiary/aromatic N) is 1. The maximum atomic E-state index is 13.6. The zero-order valence-electron chi connectivity index (χ0n) is 9.08. The zero-order valence-corrected chi connectivity index (χ0v) is 12.9. The molecule has 2 atom stereocenters. The molecule has 19 heavy (non-hydrogen) atoms. The summed E-state index contributed by atoms with van der Waals surface area (Å²) in [6.07, 6.45) is -4.45. The van der Waals surface area contributed by atoms with E-state index in [-0.39, 0.29) is 22.7 Å². The van der Waals surface area contributed by atoms with E-state index in [0.717, 1.165) is 21.3 Å². The Bertz CT molecular complexity index is 540. The molecule has 1 aliphatic heterocycles. The van der Waals surface area contributed by atoms with Gasteiger partial charge in [-0.25, -0.2) is 13.7 Å². The van der Waals surface area contributed by atoms with Gasteiger partial charge in [-0.2, -0.15) is 13.2 Å². The number of halogens is 5. The second-order valence-corrected chi connectivity index (χ2v) is 6.66. The second-order valence-electron chi connectivity index (χ2n) is 3.86. The van der Waals surface area contributed by atoms with Crippen LogP contribution in [-0.4, -0.2) is 16.9 Å². The molecule has 2 rings (SSSR count). The SMILES string of the molecule is NS(=O)c1cc2c(cc1F)C(C(F)(F)F)CN2SI. The third-order valence-corrected chi connectivity index (χ3v) is 5.45. The van der Waals surface area contributed by atoms with Crippen LogP contribution in [0.1, 0.15) is 11.5 Å². The molecule has 3 nitrogen and oxygen atoms in total. The van der Waals surface area contributed by atoms with Crippen LogP contribution in [0.3, 0.4) is 0 Å². The van der Waals surface area contributed by atoms with Crippen molar-refractivity contribution in [2.45, 2.75) is 17.0 Å². The molecule has 0 amide bonds. The summed E-state index contributed by atoms with van der Waals surface area (Å²) in [7, 11) is -1.01. The third-order valence-electron chi connectivity index (χ3n) is 2.77. The topological polar surface area (TPSA) is 46.3 Å². The van der Waals surface area contributed by atoms with Crippen LogP contribution in [0.5, 0.6) is 0 Å². The van der Waals surface area contributed by atoms with Crippen LogP contribution in [0.15, 0.2) is 17.0 Å². The monoisotopic (exact) mass is 426 g/mol. The predicted molar refractivity (Wildman–Crippen MR) is 74.7 cm³/mol. The summed E-state index contributed by atoms with van der Waals surface area (Å²) in [5, 5.41) is 5.10. The molecule has 1 aliphatic rings. The lowest BCUT2D eigenvalue weighted by molar-refractivity contribution is -0.146. The van der Waals surface area contributed by atoms with Crippen LogP contribution in [0, 0.1) is 5.82 Å². The Balaban J connectivity index is 2.58. The lowest BCUT2D eigenvalue weighted by Gasteiger charge is -2.16. The van der Waals surface area contributed by atoms with Crippen LogP contribution in [0.4, 0.5) is 23.2 Å². The molecule has 0 radical (unpaired) electrons. The molecular weight excluding hydrogens is 419 g/mol. The number of fused-ring (bicyclic) bond motifs is 1. The van der Waals surface area contributed by atoms with Gasteiger partial charge in [-0.3, -0.25) is 0 Å². The molecule has 2 N–H and O–H groups in total. The summed E-state index contributed by atoms with van der Waals surface area (Å²) in [5.41, 5.74) is 0.0558. The Labute approximate surface area is 125 Å². The quantitative estimate of drug-likeness (QED) is 0.449. The van der Waals surface area contributed by atoms with Gasteiger partial charge in [-0.15, -0.1) is 0 Å². The molecule has 0 bridgehead atoms. The fraction of sp³-hybridized carbons (Fsp3) is 0.333. The van der Waals surface area contributed by atoms with E-state index in [1.165, 1.54) is 4.31 Å². The van der Waals surface area contributed by atoms with Gasteiger partial charge in [0.25, 0.3) is 0 Å². The van der Waals surface area contributed by atoms with E-state index in [4.69, 9.17) is 5.14 Å². The number of hydrogen-bond acceptors (Lipinski definition) is 3. The van der Waals surface area contributed by atoms with E-state index in [1.807, 2.05) is 21.2 Å². The van der Waals surface area contributed by atoms with Crippen molar-refractivity contribution in [2.75, 3.05) is 10.8 Å². The molecule has 0 fully saturated rings. The Kier molecular flexibility index (Phi) is 4.33. The lowest BCUT2D eigenvalue weighted by Crippen LogP contribution is -2.24. The van der Waals surface area contributed by atoms with Gasteiger partial charge in [0.15, 0.2) is 0 Å². The van der Waals surface area contributed by atoms with E-state index < -0.39 is 28.9 Å². The first-order valence-corrected chi connectivity index (χ1v) is 9.41. The summed E-state index contributed by atoms with van der Waals surface area (Å²) in [5.74, 6) is -2.73. The van der Waals surface area contributed by atoms with Crippen LogP contribution in [0.25, 0.3) is 0 Å². The van der Waals surface area contributed by atoms with Gasteiger partial charge in [0.05, 0.1) is 10.6 Å². The van der Waals surface area contributed by atoms with Crippen LogP contribution < -0.4 is 9.44 Å². The van der Waals surface area contributed by atoms with Gasteiger partial charge in [0, 0.05) is 36.9 Å². The Hall–Kier alpha value is -0.0700. The lowest BCUT2D eigenvalue weighted by atomic mass is 10.0. The van der Waals surface area contributed by atoms with E-state index in [0.29, 0.717) is 0 Å². The molecule has 0 saturated heterocycles. The van der Waals surface area contributed by atoms with Gasteiger partial charge >= 0.3 is 6.18 Å². The highest BCUT2D eigenvalue weighted by atomic mass is 127. The molecule has 2 unspecified atom stereocenters. The van der Waals surface area contributed by atoms with Crippen LogP contribution in [0.2, 0.25) is 0 Å². The smallest absolute Gasteiger partial charge is 0.306 e. The molecule has 0 aliphatic carbocycles. The molecule has 1 aromatic rings. The predicted octanol–water partition coefficient (Wildman–Crippen LogP) is 3.27. The number of benzene rings is 1. The van der Waals surface area contributed by atoms with Gasteiger partial charge < -0.3 is 4.31 Å². The first-order chi connectivity index (χ1) is 8.75. The molecule has 106 valence electrons. The van der Waals surface area contributed by atoms with Gasteiger partial charge in [-0.1, -0.05) is 0 Å². The summed E-state index contributed by atoms with van der Waals surface area (Å²) >= 11 is 1.84. The van der Waals surface area contributed by atoms with Crippen molar-refractivity contribution in [3.8, 4) is 0 Å². The van der Waals surface area contributed by atoms with Gasteiger partial charge in [0.2, 0.25) is 0 Å². The molecule has 0 spiro atoms.